The fraction of sp³-hybridized carbons (Fsp3) is 0.0357. The quantitative estimate of drug-likeness (QED) is 0.205. The summed E-state index contributed by atoms with van der Waals surface area (Å²) in [7, 11) is 0. The summed E-state index contributed by atoms with van der Waals surface area (Å²) in [6.45, 7) is 0.444. The summed E-state index contributed by atoms with van der Waals surface area (Å²) in [6.07, 6.45) is 0. The maximum absolute atomic E-state index is 12.8. The van der Waals surface area contributed by atoms with E-state index in [1.54, 1.807) is 36.4 Å². The second kappa shape index (κ2) is 11.3. The van der Waals surface area contributed by atoms with Gasteiger partial charge in [0.1, 0.15) is 17.4 Å². The van der Waals surface area contributed by atoms with Crippen LogP contribution in [0.4, 0.5) is 5.69 Å². The van der Waals surface area contributed by atoms with Crippen LogP contribution in [-0.2, 0) is 6.61 Å². The van der Waals surface area contributed by atoms with E-state index in [0.717, 1.165) is 20.8 Å². The third kappa shape index (κ3) is 6.09. The lowest BCUT2D eigenvalue weighted by atomic mass is 10.2. The van der Waals surface area contributed by atoms with E-state index in [1.807, 2.05) is 54.6 Å². The summed E-state index contributed by atoms with van der Waals surface area (Å²) in [5, 5.41) is 7.41. The van der Waals surface area contributed by atoms with Crippen molar-refractivity contribution in [3.05, 3.63) is 112 Å². The van der Waals surface area contributed by atoms with E-state index in [4.69, 9.17) is 45.1 Å². The second-order valence-electron chi connectivity index (χ2n) is 8.00. The predicted molar refractivity (Wildman–Crippen MR) is 156 cm³/mol. The summed E-state index contributed by atoms with van der Waals surface area (Å²) in [5.74, 6) is 0.299. The first-order chi connectivity index (χ1) is 18.0. The Morgan fingerprint density at radius 2 is 1.68 bits per heavy atom. The molecule has 0 aliphatic heterocycles. The van der Waals surface area contributed by atoms with Crippen molar-refractivity contribution in [2.75, 3.05) is 5.32 Å². The first-order valence-corrected chi connectivity index (χ1v) is 13.2. The molecule has 1 amide bonds. The van der Waals surface area contributed by atoms with Gasteiger partial charge in [-0.25, -0.2) is 4.98 Å². The molecular formula is C28H19Cl2N3O2S2. The number of halogens is 2. The van der Waals surface area contributed by atoms with Gasteiger partial charge in [0.2, 0.25) is 0 Å². The standard InChI is InChI=1S/C28H19Cl2N3O2S2/c29-19-14-21(27-31-23-8-4-5-9-24(23)37-27)25(22(30)15-19)32-28(36)33-26(34)18-10-12-20(13-11-18)35-16-17-6-2-1-3-7-17/h1-15H,16H2,(H2,32,33,34,36). The maximum Gasteiger partial charge on any atom is 0.257 e. The molecule has 5 nitrogen and oxygen atoms in total. The molecule has 184 valence electrons. The first kappa shape index (κ1) is 25.2. The number of aromatic nitrogens is 1. The van der Waals surface area contributed by atoms with Gasteiger partial charge in [-0.2, -0.15) is 0 Å². The van der Waals surface area contributed by atoms with E-state index in [1.165, 1.54) is 11.3 Å². The topological polar surface area (TPSA) is 63.2 Å². The average Bonchev–Trinajstić information content (AvgIpc) is 3.34. The SMILES string of the molecule is O=C(NC(=S)Nc1c(Cl)cc(Cl)cc1-c1nc2ccccc2s1)c1ccc(OCc2ccccc2)cc1. The molecule has 0 unspecified atom stereocenters. The molecular weight excluding hydrogens is 545 g/mol. The molecule has 0 fully saturated rings. The number of nitrogens with one attached hydrogen (secondary N) is 2. The van der Waals surface area contributed by atoms with Crippen LogP contribution in [0, 0.1) is 0 Å². The molecule has 37 heavy (non-hydrogen) atoms. The van der Waals surface area contributed by atoms with E-state index in [0.29, 0.717) is 39.2 Å². The molecule has 0 atom stereocenters. The van der Waals surface area contributed by atoms with Crippen LogP contribution < -0.4 is 15.4 Å². The molecule has 0 saturated carbocycles. The number of hydrogen-bond donors (Lipinski definition) is 2. The van der Waals surface area contributed by atoms with Crippen LogP contribution in [0.5, 0.6) is 5.75 Å². The van der Waals surface area contributed by atoms with Crippen LogP contribution in [0.2, 0.25) is 10.0 Å². The summed E-state index contributed by atoms with van der Waals surface area (Å²) < 4.78 is 6.82. The van der Waals surface area contributed by atoms with E-state index >= 15 is 0 Å². The van der Waals surface area contributed by atoms with Gasteiger partial charge in [-0.1, -0.05) is 65.7 Å². The highest BCUT2D eigenvalue weighted by atomic mass is 35.5. The molecule has 0 bridgehead atoms. The zero-order valence-electron chi connectivity index (χ0n) is 19.2. The number of thiocarbonyl (C=S) groups is 1. The Bertz CT molecular complexity index is 1560. The van der Waals surface area contributed by atoms with Gasteiger partial charge in [0, 0.05) is 16.1 Å². The molecule has 5 rings (SSSR count). The molecule has 5 aromatic rings. The van der Waals surface area contributed by atoms with Crippen LogP contribution in [0.1, 0.15) is 15.9 Å². The van der Waals surface area contributed by atoms with Crippen molar-refractivity contribution in [2.24, 2.45) is 0 Å². The van der Waals surface area contributed by atoms with Crippen LogP contribution in [0.3, 0.4) is 0 Å². The fourth-order valence-electron chi connectivity index (χ4n) is 3.62. The highest BCUT2D eigenvalue weighted by molar-refractivity contribution is 7.80. The molecule has 0 aliphatic carbocycles. The number of amides is 1. The van der Waals surface area contributed by atoms with Crippen molar-refractivity contribution in [3.63, 3.8) is 0 Å². The lowest BCUT2D eigenvalue weighted by Crippen LogP contribution is -2.34. The van der Waals surface area contributed by atoms with Gasteiger partial charge in [0.05, 0.1) is 20.9 Å². The molecule has 1 heterocycles. The van der Waals surface area contributed by atoms with Gasteiger partial charge >= 0.3 is 0 Å². The van der Waals surface area contributed by atoms with Crippen LogP contribution >= 0.6 is 46.8 Å². The smallest absolute Gasteiger partial charge is 0.257 e. The third-order valence-electron chi connectivity index (χ3n) is 5.41. The summed E-state index contributed by atoms with van der Waals surface area (Å²) >= 11 is 19.7. The van der Waals surface area contributed by atoms with Gasteiger partial charge < -0.3 is 10.1 Å². The Labute approximate surface area is 233 Å². The number of thiazole rings is 1. The van der Waals surface area contributed by atoms with Crippen LogP contribution in [0.25, 0.3) is 20.8 Å². The number of benzene rings is 4. The summed E-state index contributed by atoms with van der Waals surface area (Å²) in [4.78, 5) is 17.5. The number of fused-ring (bicyclic) bond motifs is 1. The lowest BCUT2D eigenvalue weighted by molar-refractivity contribution is 0.0977. The van der Waals surface area contributed by atoms with Crippen LogP contribution in [0.15, 0.2) is 91.0 Å². The molecule has 2 N–H and O–H groups in total. The highest BCUT2D eigenvalue weighted by Crippen LogP contribution is 2.40. The fourth-order valence-corrected chi connectivity index (χ4v) is 5.34. The van der Waals surface area contributed by atoms with Crippen molar-refractivity contribution < 1.29 is 9.53 Å². The molecule has 0 radical (unpaired) electrons. The average molecular weight is 565 g/mol. The minimum Gasteiger partial charge on any atom is -0.489 e. The van der Waals surface area contributed by atoms with Gasteiger partial charge in [-0.3, -0.25) is 10.1 Å². The molecule has 9 heteroatoms. The molecule has 0 spiro atoms. The first-order valence-electron chi connectivity index (χ1n) is 11.2. The van der Waals surface area contributed by atoms with E-state index < -0.39 is 0 Å². The maximum atomic E-state index is 12.8. The normalized spacial score (nSPS) is 10.8. The monoisotopic (exact) mass is 563 g/mol. The van der Waals surface area contributed by atoms with Gasteiger partial charge in [0.25, 0.3) is 5.91 Å². The Kier molecular flexibility index (Phi) is 7.67. The van der Waals surface area contributed by atoms with Crippen molar-refractivity contribution >= 4 is 73.7 Å². The number of anilines is 1. The zero-order valence-corrected chi connectivity index (χ0v) is 22.3. The molecule has 1 aromatic heterocycles. The van der Waals surface area contributed by atoms with E-state index in [-0.39, 0.29) is 11.0 Å². The zero-order chi connectivity index (χ0) is 25.8. The Hall–Kier alpha value is -3.49. The number of hydrogen-bond acceptors (Lipinski definition) is 5. The summed E-state index contributed by atoms with van der Waals surface area (Å²) in [6, 6.07) is 27.9. The molecule has 0 aliphatic rings. The third-order valence-corrected chi connectivity index (χ3v) is 7.20. The van der Waals surface area contributed by atoms with E-state index in [9.17, 15) is 4.79 Å². The number of nitrogens with zero attached hydrogens (tertiary/aromatic N) is 1. The number of carbonyl (C=O) groups excluding carboxylic acids is 1. The van der Waals surface area contributed by atoms with Crippen molar-refractivity contribution in [1.82, 2.24) is 10.3 Å². The highest BCUT2D eigenvalue weighted by Gasteiger charge is 2.17. The molecule has 0 saturated heterocycles. The van der Waals surface area contributed by atoms with Crippen molar-refractivity contribution in [1.29, 1.82) is 0 Å². The predicted octanol–water partition coefficient (Wildman–Crippen LogP) is 7.98. The van der Waals surface area contributed by atoms with Gasteiger partial charge in [-0.05, 0) is 66.3 Å². The number of carbonyl (C=O) groups is 1. The second-order valence-corrected chi connectivity index (χ2v) is 10.3. The number of rotatable bonds is 6. The Morgan fingerprint density at radius 3 is 2.43 bits per heavy atom. The van der Waals surface area contributed by atoms with Gasteiger partial charge in [0.15, 0.2) is 5.11 Å². The summed E-state index contributed by atoms with van der Waals surface area (Å²) in [5.41, 5.74) is 3.57. The minimum absolute atomic E-state index is 0.0981. The number of ether oxygens (including phenoxy) is 1. The lowest BCUT2D eigenvalue weighted by Gasteiger charge is -2.15. The Morgan fingerprint density at radius 1 is 0.946 bits per heavy atom. The van der Waals surface area contributed by atoms with E-state index in [2.05, 4.69) is 10.6 Å². The van der Waals surface area contributed by atoms with Crippen molar-refractivity contribution in [2.45, 2.75) is 6.61 Å². The van der Waals surface area contributed by atoms with Crippen LogP contribution in [-0.4, -0.2) is 16.0 Å². The van der Waals surface area contributed by atoms with Gasteiger partial charge in [-0.15, -0.1) is 11.3 Å². The Balaban J connectivity index is 1.28. The minimum atomic E-state index is -0.362. The number of para-hydroxylation sites is 1. The molecule has 4 aromatic carbocycles. The van der Waals surface area contributed by atoms with Crippen molar-refractivity contribution in [3.8, 4) is 16.3 Å². The largest absolute Gasteiger partial charge is 0.489 e.